The number of halogens is 2. The molecule has 1 saturated carbocycles. The lowest BCUT2D eigenvalue weighted by Crippen LogP contribution is -2.46. The highest BCUT2D eigenvalue weighted by Gasteiger charge is 2.48. The topological polar surface area (TPSA) is 80.3 Å². The number of nitrogens with one attached hydrogen (secondary N) is 1. The van der Waals surface area contributed by atoms with Gasteiger partial charge in [0.05, 0.1) is 13.2 Å². The second kappa shape index (κ2) is 12.7. The van der Waals surface area contributed by atoms with Gasteiger partial charge in [0.25, 0.3) is 0 Å². The SMILES string of the molecule is CC(C)(C)OC(=O)N(CC(=O)NCCN1CCOCC1)[C@@H]1C[C@H]1c1cc(F)cc(F)c1OCc1ccccc1. The van der Waals surface area contributed by atoms with Crippen LogP contribution in [0, 0.1) is 11.6 Å². The minimum Gasteiger partial charge on any atom is -0.486 e. The lowest BCUT2D eigenvalue weighted by Gasteiger charge is -2.28. The maximum Gasteiger partial charge on any atom is 0.411 e. The van der Waals surface area contributed by atoms with Crippen LogP contribution in [0.2, 0.25) is 0 Å². The Hall–Kier alpha value is -3.24. The van der Waals surface area contributed by atoms with Crippen LogP contribution in [0.4, 0.5) is 13.6 Å². The van der Waals surface area contributed by atoms with Crippen molar-refractivity contribution in [2.24, 2.45) is 0 Å². The first-order valence-electron chi connectivity index (χ1n) is 13.3. The minimum atomic E-state index is -0.809. The predicted molar refractivity (Wildman–Crippen MR) is 141 cm³/mol. The fourth-order valence-electron chi connectivity index (χ4n) is 4.62. The molecule has 1 saturated heterocycles. The summed E-state index contributed by atoms with van der Waals surface area (Å²) in [6, 6.07) is 10.8. The molecule has 1 N–H and O–H groups in total. The molecule has 2 atom stereocenters. The highest BCUT2D eigenvalue weighted by atomic mass is 19.1. The molecule has 0 aromatic heterocycles. The van der Waals surface area contributed by atoms with E-state index in [2.05, 4.69) is 10.2 Å². The Morgan fingerprint density at radius 2 is 1.85 bits per heavy atom. The molecule has 2 aliphatic rings. The molecule has 0 spiro atoms. The number of hydrogen-bond acceptors (Lipinski definition) is 6. The first-order chi connectivity index (χ1) is 18.6. The van der Waals surface area contributed by atoms with Gasteiger partial charge in [-0.3, -0.25) is 14.6 Å². The van der Waals surface area contributed by atoms with Gasteiger partial charge in [0.2, 0.25) is 5.91 Å². The van der Waals surface area contributed by atoms with Gasteiger partial charge in [-0.05, 0) is 38.8 Å². The highest BCUT2D eigenvalue weighted by molar-refractivity contribution is 5.83. The fraction of sp³-hybridized carbons (Fsp3) is 0.517. The normalized spacial score (nSPS) is 19.3. The van der Waals surface area contributed by atoms with E-state index in [1.165, 1.54) is 11.0 Å². The van der Waals surface area contributed by atoms with E-state index in [0.29, 0.717) is 38.3 Å². The fourth-order valence-corrected chi connectivity index (χ4v) is 4.62. The number of ether oxygens (including phenoxy) is 3. The molecule has 0 radical (unpaired) electrons. The zero-order valence-corrected chi connectivity index (χ0v) is 22.8. The van der Waals surface area contributed by atoms with E-state index in [9.17, 15) is 18.4 Å². The molecular weight excluding hydrogens is 508 g/mol. The third-order valence-corrected chi connectivity index (χ3v) is 6.62. The van der Waals surface area contributed by atoms with Gasteiger partial charge in [0, 0.05) is 49.8 Å². The molecule has 2 aromatic rings. The second-order valence-electron chi connectivity index (χ2n) is 10.9. The standard InChI is InChI=1S/C29H37F2N3O5/c1-29(2,3)39-28(36)34(18-26(35)32-9-10-33-11-13-37-14-12-33)25-17-22(25)23-15-21(30)16-24(31)27(23)38-19-20-7-5-4-6-8-20/h4-8,15-16,22,25H,9-14,17-19H2,1-3H3,(H,32,35)/t22-,25+/m0/s1. The van der Waals surface area contributed by atoms with E-state index in [1.54, 1.807) is 20.8 Å². The predicted octanol–water partition coefficient (Wildman–Crippen LogP) is 4.09. The lowest BCUT2D eigenvalue weighted by molar-refractivity contribution is -0.122. The summed E-state index contributed by atoms with van der Waals surface area (Å²) in [5.74, 6) is -2.33. The molecule has 0 unspecified atom stereocenters. The van der Waals surface area contributed by atoms with E-state index >= 15 is 0 Å². The average Bonchev–Trinajstić information content (AvgIpc) is 3.67. The second-order valence-corrected chi connectivity index (χ2v) is 10.9. The molecule has 4 rings (SSSR count). The van der Waals surface area contributed by atoms with Crippen molar-refractivity contribution in [3.05, 3.63) is 65.2 Å². The van der Waals surface area contributed by atoms with E-state index in [-0.39, 0.29) is 24.8 Å². The van der Waals surface area contributed by atoms with Crippen molar-refractivity contribution >= 4 is 12.0 Å². The summed E-state index contributed by atoms with van der Waals surface area (Å²) in [7, 11) is 0. The summed E-state index contributed by atoms with van der Waals surface area (Å²) in [5, 5.41) is 2.87. The highest BCUT2D eigenvalue weighted by Crippen LogP contribution is 2.49. The van der Waals surface area contributed by atoms with E-state index in [0.717, 1.165) is 24.7 Å². The van der Waals surface area contributed by atoms with Crippen molar-refractivity contribution in [3.63, 3.8) is 0 Å². The number of hydrogen-bond donors (Lipinski definition) is 1. The number of morpholine rings is 1. The quantitative estimate of drug-likeness (QED) is 0.485. The van der Waals surface area contributed by atoms with Crippen LogP contribution in [0.15, 0.2) is 42.5 Å². The van der Waals surface area contributed by atoms with E-state index in [4.69, 9.17) is 14.2 Å². The Bertz CT molecular complexity index is 1140. The number of benzene rings is 2. The lowest BCUT2D eigenvalue weighted by atomic mass is 10.1. The first-order valence-corrected chi connectivity index (χ1v) is 13.3. The van der Waals surface area contributed by atoms with Crippen molar-refractivity contribution < 1.29 is 32.6 Å². The number of carbonyl (C=O) groups is 2. The van der Waals surface area contributed by atoms with Gasteiger partial charge >= 0.3 is 6.09 Å². The van der Waals surface area contributed by atoms with Gasteiger partial charge in [-0.2, -0.15) is 0 Å². The van der Waals surface area contributed by atoms with Crippen molar-refractivity contribution in [3.8, 4) is 5.75 Å². The molecule has 10 heteroatoms. The molecule has 212 valence electrons. The number of amides is 2. The van der Waals surface area contributed by atoms with Crippen molar-refractivity contribution in [2.45, 2.75) is 51.4 Å². The van der Waals surface area contributed by atoms with Crippen LogP contribution in [0.1, 0.15) is 44.2 Å². The molecule has 8 nitrogen and oxygen atoms in total. The zero-order valence-electron chi connectivity index (χ0n) is 22.8. The van der Waals surface area contributed by atoms with Crippen LogP contribution < -0.4 is 10.1 Å². The Morgan fingerprint density at radius 1 is 1.13 bits per heavy atom. The summed E-state index contributed by atoms with van der Waals surface area (Å²) in [5.41, 5.74) is 0.389. The van der Waals surface area contributed by atoms with Gasteiger partial charge in [-0.1, -0.05) is 30.3 Å². The minimum absolute atomic E-state index is 0.0492. The summed E-state index contributed by atoms with van der Waals surface area (Å²) in [6.07, 6.45) is -0.229. The molecular formula is C29H37F2N3O5. The number of carbonyl (C=O) groups excluding carboxylic acids is 2. The van der Waals surface area contributed by atoms with Crippen LogP contribution in [0.25, 0.3) is 0 Å². The van der Waals surface area contributed by atoms with Gasteiger partial charge in [0.1, 0.15) is 24.6 Å². The summed E-state index contributed by atoms with van der Waals surface area (Å²) in [4.78, 5) is 29.5. The maximum atomic E-state index is 14.9. The van der Waals surface area contributed by atoms with Gasteiger partial charge in [-0.25, -0.2) is 13.6 Å². The Kier molecular flexibility index (Phi) is 9.40. The maximum absolute atomic E-state index is 14.9. The van der Waals surface area contributed by atoms with Crippen molar-refractivity contribution in [1.82, 2.24) is 15.1 Å². The zero-order chi connectivity index (χ0) is 28.0. The van der Waals surface area contributed by atoms with Crippen LogP contribution in [0.3, 0.4) is 0 Å². The number of nitrogens with zero attached hydrogens (tertiary/aromatic N) is 2. The van der Waals surface area contributed by atoms with Gasteiger partial charge in [-0.15, -0.1) is 0 Å². The molecule has 2 aromatic carbocycles. The smallest absolute Gasteiger partial charge is 0.411 e. The third-order valence-electron chi connectivity index (χ3n) is 6.62. The Balaban J connectivity index is 1.45. The first kappa shape index (κ1) is 28.8. The molecule has 2 fully saturated rings. The van der Waals surface area contributed by atoms with E-state index in [1.807, 2.05) is 30.3 Å². The van der Waals surface area contributed by atoms with Crippen LogP contribution in [-0.2, 0) is 20.9 Å². The average molecular weight is 546 g/mol. The monoisotopic (exact) mass is 545 g/mol. The van der Waals surface area contributed by atoms with Crippen LogP contribution in [0.5, 0.6) is 5.75 Å². The van der Waals surface area contributed by atoms with Crippen molar-refractivity contribution in [1.29, 1.82) is 0 Å². The van der Waals surface area contributed by atoms with Crippen LogP contribution >= 0.6 is 0 Å². The van der Waals surface area contributed by atoms with Gasteiger partial charge < -0.3 is 19.5 Å². The summed E-state index contributed by atoms with van der Waals surface area (Å²) < 4.78 is 45.9. The molecule has 0 bridgehead atoms. The summed E-state index contributed by atoms with van der Waals surface area (Å²) in [6.45, 7) is 9.17. The molecule has 1 aliphatic heterocycles. The van der Waals surface area contributed by atoms with Gasteiger partial charge in [0.15, 0.2) is 11.6 Å². The third kappa shape index (κ3) is 8.37. The van der Waals surface area contributed by atoms with E-state index < -0.39 is 35.3 Å². The molecule has 39 heavy (non-hydrogen) atoms. The molecule has 2 amide bonds. The Labute approximate surface area is 228 Å². The van der Waals surface area contributed by atoms with Crippen molar-refractivity contribution in [2.75, 3.05) is 45.9 Å². The number of rotatable bonds is 10. The summed E-state index contributed by atoms with van der Waals surface area (Å²) >= 11 is 0. The largest absolute Gasteiger partial charge is 0.486 e. The molecule has 1 aliphatic carbocycles. The molecule has 1 heterocycles. The van der Waals surface area contributed by atoms with Crippen LogP contribution in [-0.4, -0.2) is 79.4 Å². The Morgan fingerprint density at radius 3 is 2.54 bits per heavy atom.